The Morgan fingerprint density at radius 2 is 1.37 bits per heavy atom. The number of nitrogens with zero attached hydrogens (tertiary/aromatic N) is 2. The average Bonchev–Trinajstić information content (AvgIpc) is 3.53. The fourth-order valence-electron chi connectivity index (χ4n) is 4.74. The molecule has 0 saturated heterocycles. The number of hydrogen-bond acceptors (Lipinski definition) is 9. The van der Waals surface area contributed by atoms with Gasteiger partial charge in [-0.3, -0.25) is 28.9 Å². The van der Waals surface area contributed by atoms with Gasteiger partial charge in [0, 0.05) is 144 Å². The fraction of sp³-hybridized carbons (Fsp3) is 0.625. The molecule has 292 valence electrons. The van der Waals surface area contributed by atoms with E-state index in [9.17, 15) is 33.6 Å². The summed E-state index contributed by atoms with van der Waals surface area (Å²) in [6.07, 6.45) is 4.01. The summed E-state index contributed by atoms with van der Waals surface area (Å²) in [6.45, 7) is 16.7. The zero-order valence-corrected chi connectivity index (χ0v) is 34.5. The molecule has 1 unspecified atom stereocenters. The third kappa shape index (κ3) is 23.2. The fourth-order valence-corrected chi connectivity index (χ4v) is 4.74. The summed E-state index contributed by atoms with van der Waals surface area (Å²) in [4.78, 5) is 95.2. The minimum atomic E-state index is -0.982. The molecule has 8 N–H and O–H groups in total. The van der Waals surface area contributed by atoms with E-state index in [1.807, 2.05) is 27.7 Å². The number of carbonyl (C=O) groups excluding carboxylic acids is 7. The second kappa shape index (κ2) is 28.4. The van der Waals surface area contributed by atoms with Crippen molar-refractivity contribution in [2.45, 2.75) is 72.0 Å². The molecule has 0 fully saturated rings. The summed E-state index contributed by atoms with van der Waals surface area (Å²) in [5, 5.41) is 18.8. The molecule has 1 aromatic heterocycles. The minimum Gasteiger partial charge on any atom is -0.380 e. The molecule has 7 amide bonds. The van der Waals surface area contributed by atoms with Gasteiger partial charge in [-0.2, -0.15) is 0 Å². The number of H-pyrrole nitrogens is 1. The number of nitrogens with one attached hydrogen (secondary N) is 8. The molecule has 19 heteroatoms. The molecule has 1 rings (SSSR count). The zero-order chi connectivity index (χ0) is 36.9. The predicted molar refractivity (Wildman–Crippen MR) is 182 cm³/mol. The number of carbonyl (C=O) groups is 7. The second-order valence-corrected chi connectivity index (χ2v) is 12.2. The molecule has 0 aliphatic heterocycles. The first-order valence-corrected chi connectivity index (χ1v) is 16.4. The van der Waals surface area contributed by atoms with Crippen molar-refractivity contribution in [1.82, 2.24) is 52.1 Å². The molecular weight excluding hydrogens is 951 g/mol. The first-order valence-electron chi connectivity index (χ1n) is 16.4. The van der Waals surface area contributed by atoms with Crippen molar-refractivity contribution in [2.24, 2.45) is 11.8 Å². The van der Waals surface area contributed by atoms with Crippen LogP contribution in [0.25, 0.3) is 0 Å². The zero-order valence-electron chi connectivity index (χ0n) is 30.0. The molecule has 0 aromatic carbocycles. The Balaban J connectivity index is 0. The molecule has 0 saturated carbocycles. The van der Waals surface area contributed by atoms with Crippen LogP contribution >= 0.6 is 0 Å². The third-order valence-corrected chi connectivity index (χ3v) is 7.42. The summed E-state index contributed by atoms with van der Waals surface area (Å²) >= 11 is 0. The van der Waals surface area contributed by atoms with Crippen LogP contribution in [0.1, 0.15) is 53.2 Å². The Morgan fingerprint density at radius 3 is 1.86 bits per heavy atom. The maximum atomic E-state index is 13.6. The average molecular weight is 1010 g/mol. The van der Waals surface area contributed by atoms with Crippen molar-refractivity contribution in [3.8, 4) is 0 Å². The van der Waals surface area contributed by atoms with Gasteiger partial charge in [0.1, 0.15) is 18.1 Å². The van der Waals surface area contributed by atoms with Gasteiger partial charge in [0.15, 0.2) is 0 Å². The molecule has 0 aliphatic carbocycles. The summed E-state index contributed by atoms with van der Waals surface area (Å²) in [7, 11) is 0. The Kier molecular flexibility index (Phi) is 28.3. The van der Waals surface area contributed by atoms with E-state index < -0.39 is 53.6 Å². The molecule has 17 nitrogen and oxygen atoms in total. The number of amides is 7. The normalized spacial score (nSPS) is 12.8. The van der Waals surface area contributed by atoms with Crippen molar-refractivity contribution in [2.75, 3.05) is 45.8 Å². The molecule has 0 spiro atoms. The Labute approximate surface area is 365 Å². The van der Waals surface area contributed by atoms with E-state index in [4.69, 9.17) is 0 Å². The van der Waals surface area contributed by atoms with Gasteiger partial charge >= 0.3 is 0 Å². The van der Waals surface area contributed by atoms with Gasteiger partial charge in [-0.05, 0) is 18.3 Å². The standard InChI is InChI=1S/C32H54N10O7.2Gd/c1-8-21(4)29(41-31(48)27(39-24(7)45)16-25-17-33-19-38-25)32(49)40-26(15-20(2)3)30(47)37-10-9-36-28(46)18-42(13-11-34-22(5)43)14-12-35-23(6)44;;/h17,19-21,26-27,29H,5-6,8-16,18H2,1-4,7H3,(H,33,38)(H,34,43)(H,35,44)(H,36,46)(H,37,47)(H,39,45)(H,40,49)(H,41,48);;/q-2;;/t21?,26-,27-,29-;;/m0../s1. The predicted octanol–water partition coefficient (Wildman–Crippen LogP) is -2.05. The number of aromatic nitrogens is 2. The van der Waals surface area contributed by atoms with Gasteiger partial charge in [0.05, 0.1) is 24.7 Å². The van der Waals surface area contributed by atoms with Crippen LogP contribution in [0.5, 0.6) is 0 Å². The monoisotopic (exact) mass is 1010 g/mol. The van der Waals surface area contributed by atoms with Crippen molar-refractivity contribution < 1.29 is 113 Å². The number of imidazole rings is 1. The SMILES string of the molecule is [CH2-]C(=O)NCCN(CCNC([CH2-])=O)CC(=O)NCCNC(=O)[C@H](CC(C)C)NC(=O)[C@@H](NC(=O)[C@H](Cc1cnc[nH]1)NC(C)=O)C(C)CC.[Gd].[Gd]. The van der Waals surface area contributed by atoms with Crippen molar-refractivity contribution in [1.29, 1.82) is 0 Å². The van der Waals surface area contributed by atoms with E-state index in [-0.39, 0.29) is 137 Å². The maximum Gasteiger partial charge on any atom is 0.243 e. The van der Waals surface area contributed by atoms with E-state index in [0.717, 1.165) is 0 Å². The molecule has 0 radical (unpaired) electrons. The smallest absolute Gasteiger partial charge is 0.243 e. The van der Waals surface area contributed by atoms with Gasteiger partial charge in [-0.15, -0.1) is 0 Å². The maximum absolute atomic E-state index is 13.6. The molecule has 4 atom stereocenters. The third-order valence-electron chi connectivity index (χ3n) is 7.42. The van der Waals surface area contributed by atoms with E-state index >= 15 is 0 Å². The number of aromatic amines is 1. The number of hydrogen-bond donors (Lipinski definition) is 8. The largest absolute Gasteiger partial charge is 0.380 e. The molecule has 0 bridgehead atoms. The summed E-state index contributed by atoms with van der Waals surface area (Å²) in [5.74, 6) is -3.43. The quantitative estimate of drug-likeness (QED) is 0.0445. The molecule has 1 aromatic rings. The van der Waals surface area contributed by atoms with Crippen LogP contribution in [0, 0.1) is 106 Å². The summed E-state index contributed by atoms with van der Waals surface area (Å²) in [5.41, 5.74) is 0.625. The molecule has 0 aliphatic rings. The Morgan fingerprint density at radius 1 is 0.784 bits per heavy atom. The van der Waals surface area contributed by atoms with Crippen LogP contribution in [0.4, 0.5) is 0 Å². The van der Waals surface area contributed by atoms with Crippen LogP contribution < -0.4 is 37.2 Å². The van der Waals surface area contributed by atoms with Crippen LogP contribution in [0.2, 0.25) is 0 Å². The van der Waals surface area contributed by atoms with Crippen LogP contribution in [-0.4, -0.2) is 120 Å². The van der Waals surface area contributed by atoms with Crippen molar-refractivity contribution >= 4 is 41.4 Å². The van der Waals surface area contributed by atoms with Gasteiger partial charge in [-0.1, -0.05) is 34.1 Å². The van der Waals surface area contributed by atoms with Crippen LogP contribution in [-0.2, 0) is 40.0 Å². The second-order valence-electron chi connectivity index (χ2n) is 12.2. The topological polar surface area (TPSA) is 236 Å². The van der Waals surface area contributed by atoms with Crippen LogP contribution in [0.3, 0.4) is 0 Å². The van der Waals surface area contributed by atoms with Gasteiger partial charge < -0.3 is 65.6 Å². The van der Waals surface area contributed by atoms with Crippen LogP contribution in [0.15, 0.2) is 12.5 Å². The van der Waals surface area contributed by atoms with E-state index in [1.165, 1.54) is 13.3 Å². The summed E-state index contributed by atoms with van der Waals surface area (Å²) < 4.78 is 0. The summed E-state index contributed by atoms with van der Waals surface area (Å²) in [6, 6.07) is -2.85. The molecule has 51 heavy (non-hydrogen) atoms. The van der Waals surface area contributed by atoms with Gasteiger partial charge in [-0.25, -0.2) is 4.98 Å². The van der Waals surface area contributed by atoms with E-state index in [1.54, 1.807) is 11.1 Å². The van der Waals surface area contributed by atoms with Crippen molar-refractivity contribution in [3.05, 3.63) is 32.1 Å². The molecule has 1 heterocycles. The number of rotatable bonds is 23. The van der Waals surface area contributed by atoms with Gasteiger partial charge in [0.2, 0.25) is 29.5 Å². The van der Waals surface area contributed by atoms with E-state index in [0.29, 0.717) is 31.6 Å². The van der Waals surface area contributed by atoms with Gasteiger partial charge in [0.25, 0.3) is 0 Å². The Bertz CT molecular complexity index is 1220. The molecular formula is C32H54Gd2N10O7-2. The Hall–Kier alpha value is -2.15. The minimum absolute atomic E-state index is 0. The van der Waals surface area contributed by atoms with Crippen molar-refractivity contribution in [3.63, 3.8) is 0 Å². The van der Waals surface area contributed by atoms with E-state index in [2.05, 4.69) is 61.0 Å². The first kappa shape index (κ1) is 51.0. The first-order chi connectivity index (χ1) is 23.1.